The highest BCUT2D eigenvalue weighted by Crippen LogP contribution is 2.25. The van der Waals surface area contributed by atoms with Crippen LogP contribution in [-0.2, 0) is 21.2 Å². The second-order valence-corrected chi connectivity index (χ2v) is 7.45. The van der Waals surface area contributed by atoms with Crippen LogP contribution >= 0.6 is 11.3 Å². The summed E-state index contributed by atoms with van der Waals surface area (Å²) in [6, 6.07) is 3.46. The monoisotopic (exact) mass is 288 g/mol. The van der Waals surface area contributed by atoms with Crippen LogP contribution in [0.4, 0.5) is 0 Å². The fourth-order valence-corrected chi connectivity index (χ4v) is 4.68. The lowest BCUT2D eigenvalue weighted by atomic mass is 10.4. The van der Waals surface area contributed by atoms with E-state index in [-0.39, 0.29) is 12.5 Å². The molecule has 0 spiro atoms. The lowest BCUT2D eigenvalue weighted by molar-refractivity contribution is -0.120. The van der Waals surface area contributed by atoms with Gasteiger partial charge in [0.15, 0.2) is 0 Å². The van der Waals surface area contributed by atoms with Crippen LogP contribution in [0.3, 0.4) is 0 Å². The van der Waals surface area contributed by atoms with Crippen molar-refractivity contribution in [3.63, 3.8) is 0 Å². The molecule has 0 atom stereocenters. The van der Waals surface area contributed by atoms with Crippen molar-refractivity contribution in [1.29, 1.82) is 0 Å². The molecule has 1 N–H and O–H groups in total. The predicted octanol–water partition coefficient (Wildman–Crippen LogP) is 0.821. The molecule has 0 radical (unpaired) electrons. The molecule has 1 aromatic heterocycles. The number of rotatable bonds is 3. The summed E-state index contributed by atoms with van der Waals surface area (Å²) >= 11 is 1.28. The first-order valence-electron chi connectivity index (χ1n) is 5.89. The van der Waals surface area contributed by atoms with Crippen LogP contribution in [0, 0.1) is 0 Å². The molecule has 1 fully saturated rings. The summed E-state index contributed by atoms with van der Waals surface area (Å²) in [5, 5.41) is 2.67. The number of nitrogens with zero attached hydrogens (tertiary/aromatic N) is 1. The Kier molecular flexibility index (Phi) is 4.04. The number of hydrogen-bond donors (Lipinski definition) is 1. The summed E-state index contributed by atoms with van der Waals surface area (Å²) in [5.74, 6) is -0.233. The van der Waals surface area contributed by atoms with Gasteiger partial charge in [0.25, 0.3) is 10.0 Å². The van der Waals surface area contributed by atoms with Gasteiger partial charge in [0.2, 0.25) is 5.91 Å². The van der Waals surface area contributed by atoms with Gasteiger partial charge in [0.05, 0.1) is 6.54 Å². The molecule has 0 saturated carbocycles. The van der Waals surface area contributed by atoms with E-state index in [1.165, 1.54) is 15.6 Å². The second kappa shape index (κ2) is 5.38. The summed E-state index contributed by atoms with van der Waals surface area (Å²) in [5.41, 5.74) is 0. The number of amides is 1. The fourth-order valence-electron chi connectivity index (χ4n) is 1.80. The molecular weight excluding hydrogens is 272 g/mol. The van der Waals surface area contributed by atoms with Gasteiger partial charge in [-0.3, -0.25) is 4.79 Å². The van der Waals surface area contributed by atoms with Gasteiger partial charge in [-0.15, -0.1) is 11.3 Å². The van der Waals surface area contributed by atoms with Gasteiger partial charge < -0.3 is 5.32 Å². The van der Waals surface area contributed by atoms with E-state index in [9.17, 15) is 13.2 Å². The summed E-state index contributed by atoms with van der Waals surface area (Å²) in [6.07, 6.45) is 1.47. The van der Waals surface area contributed by atoms with Gasteiger partial charge in [-0.2, -0.15) is 4.31 Å². The Morgan fingerprint density at radius 1 is 1.44 bits per heavy atom. The highest BCUT2D eigenvalue weighted by molar-refractivity contribution is 7.91. The minimum atomic E-state index is -3.52. The molecule has 1 aromatic rings. The molecule has 100 valence electrons. The molecule has 1 aliphatic heterocycles. The van der Waals surface area contributed by atoms with E-state index in [2.05, 4.69) is 5.32 Å². The summed E-state index contributed by atoms with van der Waals surface area (Å²) in [4.78, 5) is 12.5. The van der Waals surface area contributed by atoms with Crippen LogP contribution in [0.25, 0.3) is 0 Å². The molecule has 2 heterocycles. The van der Waals surface area contributed by atoms with Gasteiger partial charge in [-0.05, 0) is 25.0 Å². The quantitative estimate of drug-likeness (QED) is 0.895. The Morgan fingerprint density at radius 2 is 2.22 bits per heavy atom. The van der Waals surface area contributed by atoms with E-state index in [1.54, 1.807) is 6.07 Å². The molecule has 2 rings (SSSR count). The Hall–Kier alpha value is -0.920. The normalized spacial score (nSPS) is 18.4. The van der Waals surface area contributed by atoms with E-state index in [1.807, 2.05) is 13.0 Å². The van der Waals surface area contributed by atoms with E-state index in [0.29, 0.717) is 23.7 Å². The molecule has 5 nitrogen and oxygen atoms in total. The summed E-state index contributed by atoms with van der Waals surface area (Å²) in [6.45, 7) is 2.83. The lowest BCUT2D eigenvalue weighted by Crippen LogP contribution is -2.37. The van der Waals surface area contributed by atoms with E-state index in [0.717, 1.165) is 11.3 Å². The average molecular weight is 288 g/mol. The Bertz CT molecular complexity index is 536. The van der Waals surface area contributed by atoms with Crippen molar-refractivity contribution in [1.82, 2.24) is 9.62 Å². The molecule has 18 heavy (non-hydrogen) atoms. The van der Waals surface area contributed by atoms with Crippen LogP contribution in [0.2, 0.25) is 0 Å². The van der Waals surface area contributed by atoms with Crippen molar-refractivity contribution in [3.8, 4) is 0 Å². The number of sulfonamides is 1. The molecule has 1 saturated heterocycles. The minimum Gasteiger partial charge on any atom is -0.355 e. The largest absolute Gasteiger partial charge is 0.355 e. The maximum atomic E-state index is 12.4. The zero-order valence-electron chi connectivity index (χ0n) is 10.2. The first-order chi connectivity index (χ1) is 8.54. The van der Waals surface area contributed by atoms with E-state index in [4.69, 9.17) is 0 Å². The number of carbonyl (C=O) groups excluding carboxylic acids is 1. The Balaban J connectivity index is 2.26. The van der Waals surface area contributed by atoms with E-state index < -0.39 is 10.0 Å². The number of aryl methyl sites for hydroxylation is 1. The van der Waals surface area contributed by atoms with Gasteiger partial charge in [-0.25, -0.2) is 8.42 Å². The molecule has 1 aliphatic rings. The molecule has 1 amide bonds. The van der Waals surface area contributed by atoms with Crippen molar-refractivity contribution in [2.75, 3.05) is 19.6 Å². The molecule has 0 bridgehead atoms. The van der Waals surface area contributed by atoms with Crippen LogP contribution in [-0.4, -0.2) is 38.3 Å². The van der Waals surface area contributed by atoms with Gasteiger partial charge in [0, 0.05) is 18.0 Å². The first-order valence-corrected chi connectivity index (χ1v) is 8.15. The van der Waals surface area contributed by atoms with Crippen molar-refractivity contribution in [3.05, 3.63) is 17.0 Å². The molecule has 0 aliphatic carbocycles. The third-order valence-corrected chi connectivity index (χ3v) is 6.35. The lowest BCUT2D eigenvalue weighted by Gasteiger charge is -2.17. The highest BCUT2D eigenvalue weighted by Gasteiger charge is 2.29. The van der Waals surface area contributed by atoms with E-state index >= 15 is 0 Å². The summed E-state index contributed by atoms with van der Waals surface area (Å²) in [7, 11) is -3.52. The molecule has 7 heteroatoms. The zero-order chi connectivity index (χ0) is 13.2. The van der Waals surface area contributed by atoms with Crippen LogP contribution < -0.4 is 5.32 Å². The predicted molar refractivity (Wildman–Crippen MR) is 70.1 cm³/mol. The van der Waals surface area contributed by atoms with Crippen LogP contribution in [0.1, 0.15) is 18.2 Å². The third-order valence-electron chi connectivity index (χ3n) is 2.81. The maximum Gasteiger partial charge on any atom is 0.253 e. The van der Waals surface area contributed by atoms with Gasteiger partial charge in [-0.1, -0.05) is 6.92 Å². The smallest absolute Gasteiger partial charge is 0.253 e. The minimum absolute atomic E-state index is 0.0817. The number of carbonyl (C=O) groups is 1. The van der Waals surface area contributed by atoms with Crippen molar-refractivity contribution >= 4 is 27.3 Å². The van der Waals surface area contributed by atoms with Crippen molar-refractivity contribution in [2.45, 2.75) is 24.0 Å². The highest BCUT2D eigenvalue weighted by atomic mass is 32.2. The topological polar surface area (TPSA) is 66.5 Å². The van der Waals surface area contributed by atoms with Gasteiger partial charge >= 0.3 is 0 Å². The number of nitrogens with one attached hydrogen (secondary N) is 1. The SMILES string of the molecule is CCc1ccc(S(=O)(=O)N2CCCNC(=O)C2)s1. The number of hydrogen-bond acceptors (Lipinski definition) is 4. The third kappa shape index (κ3) is 2.73. The Labute approximate surface area is 111 Å². The number of thiophene rings is 1. The van der Waals surface area contributed by atoms with Crippen molar-refractivity contribution in [2.24, 2.45) is 0 Å². The van der Waals surface area contributed by atoms with Crippen LogP contribution in [0.5, 0.6) is 0 Å². The molecule has 0 unspecified atom stereocenters. The molecule has 0 aromatic carbocycles. The summed E-state index contributed by atoms with van der Waals surface area (Å²) < 4.78 is 26.3. The maximum absolute atomic E-state index is 12.4. The standard InChI is InChI=1S/C11H16N2O3S2/c1-2-9-4-5-11(17-9)18(15,16)13-7-3-6-12-10(14)8-13/h4-5H,2-3,6-8H2,1H3,(H,12,14). The Morgan fingerprint density at radius 3 is 2.89 bits per heavy atom. The van der Waals surface area contributed by atoms with Gasteiger partial charge in [0.1, 0.15) is 4.21 Å². The van der Waals surface area contributed by atoms with Crippen molar-refractivity contribution < 1.29 is 13.2 Å². The average Bonchev–Trinajstić information content (AvgIpc) is 2.72. The molecular formula is C11H16N2O3S2. The second-order valence-electron chi connectivity index (χ2n) is 4.12. The first kappa shape index (κ1) is 13.5. The zero-order valence-corrected chi connectivity index (χ0v) is 11.8. The van der Waals surface area contributed by atoms with Crippen LogP contribution in [0.15, 0.2) is 16.3 Å². The fraction of sp³-hybridized carbons (Fsp3) is 0.545.